The summed E-state index contributed by atoms with van der Waals surface area (Å²) in [7, 11) is 0. The molecule has 0 heterocycles. The van der Waals surface area contributed by atoms with Gasteiger partial charge in [-0.15, -0.1) is 0 Å². The standard InChI is InChI=1S/C17H17BrO3/c1-11-6-12(2)8-15(7-11)21-16(17(19)20)10-13-4-3-5-14(18)9-13/h3-9,16H,10H2,1-2H3,(H,19,20)/t16-/m1/s1. The minimum absolute atomic E-state index is 0.321. The van der Waals surface area contributed by atoms with Gasteiger partial charge in [0.1, 0.15) is 5.75 Å². The predicted molar refractivity (Wildman–Crippen MR) is 85.8 cm³/mol. The number of benzene rings is 2. The van der Waals surface area contributed by atoms with Crippen LogP contribution in [0.5, 0.6) is 5.75 Å². The molecule has 0 fully saturated rings. The number of ether oxygens (including phenoxy) is 1. The summed E-state index contributed by atoms with van der Waals surface area (Å²) in [4.78, 5) is 11.4. The van der Waals surface area contributed by atoms with Crippen molar-refractivity contribution in [3.63, 3.8) is 0 Å². The smallest absolute Gasteiger partial charge is 0.345 e. The summed E-state index contributed by atoms with van der Waals surface area (Å²) in [6, 6.07) is 13.3. The van der Waals surface area contributed by atoms with Crippen molar-refractivity contribution in [2.45, 2.75) is 26.4 Å². The third kappa shape index (κ3) is 4.60. The molecule has 2 aromatic carbocycles. The van der Waals surface area contributed by atoms with Crippen LogP contribution in [0.3, 0.4) is 0 Å². The lowest BCUT2D eigenvalue weighted by molar-refractivity contribution is -0.145. The molecule has 1 N–H and O–H groups in total. The predicted octanol–water partition coefficient (Wildman–Crippen LogP) is 4.14. The Morgan fingerprint density at radius 1 is 1.19 bits per heavy atom. The van der Waals surface area contributed by atoms with Gasteiger partial charge in [-0.05, 0) is 54.8 Å². The van der Waals surface area contributed by atoms with Crippen LogP contribution in [0.2, 0.25) is 0 Å². The summed E-state index contributed by atoms with van der Waals surface area (Å²) in [5, 5.41) is 9.37. The van der Waals surface area contributed by atoms with E-state index in [1.54, 1.807) is 0 Å². The fourth-order valence-corrected chi connectivity index (χ4v) is 2.67. The summed E-state index contributed by atoms with van der Waals surface area (Å²) >= 11 is 3.39. The fraction of sp³-hybridized carbons (Fsp3) is 0.235. The molecule has 2 aromatic rings. The highest BCUT2D eigenvalue weighted by atomic mass is 79.9. The zero-order chi connectivity index (χ0) is 15.4. The number of halogens is 1. The van der Waals surface area contributed by atoms with Gasteiger partial charge in [-0.2, -0.15) is 0 Å². The highest BCUT2D eigenvalue weighted by Crippen LogP contribution is 2.20. The Balaban J connectivity index is 2.17. The minimum Gasteiger partial charge on any atom is -0.478 e. The van der Waals surface area contributed by atoms with Crippen molar-refractivity contribution < 1.29 is 14.6 Å². The van der Waals surface area contributed by atoms with Crippen LogP contribution in [-0.4, -0.2) is 17.2 Å². The first-order valence-electron chi connectivity index (χ1n) is 6.66. The van der Waals surface area contributed by atoms with E-state index in [1.807, 2.05) is 56.3 Å². The van der Waals surface area contributed by atoms with Gasteiger partial charge in [0.05, 0.1) is 0 Å². The second-order valence-electron chi connectivity index (χ2n) is 5.10. The lowest BCUT2D eigenvalue weighted by Crippen LogP contribution is -2.29. The number of carboxylic acid groups (broad SMARTS) is 1. The number of aliphatic carboxylic acids is 1. The van der Waals surface area contributed by atoms with Crippen molar-refractivity contribution >= 4 is 21.9 Å². The first kappa shape index (κ1) is 15.6. The SMILES string of the molecule is Cc1cc(C)cc(O[C@H](Cc2cccc(Br)c2)C(=O)O)c1. The van der Waals surface area contributed by atoms with Crippen LogP contribution in [0.1, 0.15) is 16.7 Å². The summed E-state index contributed by atoms with van der Waals surface area (Å²) in [5.74, 6) is -0.371. The number of aryl methyl sites for hydroxylation is 2. The average molecular weight is 349 g/mol. The summed E-state index contributed by atoms with van der Waals surface area (Å²) in [6.45, 7) is 3.92. The molecular formula is C17H17BrO3. The first-order valence-corrected chi connectivity index (χ1v) is 7.45. The van der Waals surface area contributed by atoms with E-state index in [0.717, 1.165) is 21.2 Å². The van der Waals surface area contributed by atoms with Crippen molar-refractivity contribution in [1.29, 1.82) is 0 Å². The maximum atomic E-state index is 11.4. The van der Waals surface area contributed by atoms with Crippen LogP contribution in [-0.2, 0) is 11.2 Å². The van der Waals surface area contributed by atoms with Gasteiger partial charge in [0, 0.05) is 10.9 Å². The quantitative estimate of drug-likeness (QED) is 0.883. The number of carbonyl (C=O) groups is 1. The van der Waals surface area contributed by atoms with Crippen molar-refractivity contribution in [2.75, 3.05) is 0 Å². The summed E-state index contributed by atoms with van der Waals surface area (Å²) < 4.78 is 6.59. The molecule has 0 spiro atoms. The van der Waals surface area contributed by atoms with Gasteiger partial charge >= 0.3 is 5.97 Å². The molecule has 4 heteroatoms. The maximum Gasteiger partial charge on any atom is 0.345 e. The highest BCUT2D eigenvalue weighted by molar-refractivity contribution is 9.10. The van der Waals surface area contributed by atoms with Gasteiger partial charge < -0.3 is 9.84 Å². The van der Waals surface area contributed by atoms with Crippen LogP contribution in [0.4, 0.5) is 0 Å². The normalized spacial score (nSPS) is 12.0. The Morgan fingerprint density at radius 3 is 2.43 bits per heavy atom. The molecule has 1 atom stereocenters. The molecule has 0 radical (unpaired) electrons. The molecule has 0 saturated carbocycles. The van der Waals surface area contributed by atoms with Crippen molar-refractivity contribution in [3.05, 3.63) is 63.6 Å². The zero-order valence-electron chi connectivity index (χ0n) is 12.0. The van der Waals surface area contributed by atoms with Crippen LogP contribution in [0, 0.1) is 13.8 Å². The van der Waals surface area contributed by atoms with Gasteiger partial charge in [0.15, 0.2) is 6.10 Å². The Kier molecular flexibility index (Phi) is 5.02. The van der Waals surface area contributed by atoms with Gasteiger partial charge in [0.25, 0.3) is 0 Å². The minimum atomic E-state index is -0.964. The number of carboxylic acids is 1. The molecule has 0 aliphatic rings. The van der Waals surface area contributed by atoms with Crippen LogP contribution in [0.25, 0.3) is 0 Å². The van der Waals surface area contributed by atoms with E-state index in [2.05, 4.69) is 15.9 Å². The first-order chi connectivity index (χ1) is 9.94. The fourth-order valence-electron chi connectivity index (χ4n) is 2.22. The molecular weight excluding hydrogens is 332 g/mol. The number of rotatable bonds is 5. The van der Waals surface area contributed by atoms with Gasteiger partial charge in [0.2, 0.25) is 0 Å². The average Bonchev–Trinajstić information content (AvgIpc) is 2.36. The molecule has 0 unspecified atom stereocenters. The van der Waals surface area contributed by atoms with Gasteiger partial charge in [-0.25, -0.2) is 4.79 Å². The topological polar surface area (TPSA) is 46.5 Å². The third-order valence-electron chi connectivity index (χ3n) is 3.06. The molecule has 0 amide bonds. The van der Waals surface area contributed by atoms with Gasteiger partial charge in [-0.3, -0.25) is 0 Å². The lowest BCUT2D eigenvalue weighted by Gasteiger charge is -2.16. The summed E-state index contributed by atoms with van der Waals surface area (Å²) in [6.07, 6.45) is -0.581. The Hall–Kier alpha value is -1.81. The van der Waals surface area contributed by atoms with Gasteiger partial charge in [-0.1, -0.05) is 34.1 Å². The Labute approximate surface area is 132 Å². The molecule has 110 valence electrons. The highest BCUT2D eigenvalue weighted by Gasteiger charge is 2.20. The molecule has 0 aliphatic carbocycles. The van der Waals surface area contributed by atoms with E-state index >= 15 is 0 Å². The Bertz CT molecular complexity index is 632. The van der Waals surface area contributed by atoms with E-state index in [0.29, 0.717) is 12.2 Å². The monoisotopic (exact) mass is 348 g/mol. The van der Waals surface area contributed by atoms with E-state index in [-0.39, 0.29) is 0 Å². The lowest BCUT2D eigenvalue weighted by atomic mass is 10.1. The largest absolute Gasteiger partial charge is 0.478 e. The second kappa shape index (κ2) is 6.76. The van der Waals surface area contributed by atoms with Crippen molar-refractivity contribution in [1.82, 2.24) is 0 Å². The number of hydrogen-bond acceptors (Lipinski definition) is 2. The van der Waals surface area contributed by atoms with Crippen LogP contribution in [0.15, 0.2) is 46.9 Å². The molecule has 2 rings (SSSR count). The van der Waals surface area contributed by atoms with Crippen LogP contribution >= 0.6 is 15.9 Å². The zero-order valence-corrected chi connectivity index (χ0v) is 13.6. The molecule has 0 aliphatic heterocycles. The molecule has 0 aromatic heterocycles. The third-order valence-corrected chi connectivity index (χ3v) is 3.55. The van der Waals surface area contributed by atoms with E-state index in [4.69, 9.17) is 4.74 Å². The molecule has 0 saturated heterocycles. The maximum absolute atomic E-state index is 11.4. The molecule has 3 nitrogen and oxygen atoms in total. The van der Waals surface area contributed by atoms with E-state index < -0.39 is 12.1 Å². The molecule has 21 heavy (non-hydrogen) atoms. The van der Waals surface area contributed by atoms with E-state index in [9.17, 15) is 9.90 Å². The van der Waals surface area contributed by atoms with Crippen LogP contribution < -0.4 is 4.74 Å². The van der Waals surface area contributed by atoms with E-state index in [1.165, 1.54) is 0 Å². The number of hydrogen-bond donors (Lipinski definition) is 1. The van der Waals surface area contributed by atoms with Crippen molar-refractivity contribution in [3.8, 4) is 5.75 Å². The second-order valence-corrected chi connectivity index (χ2v) is 6.02. The van der Waals surface area contributed by atoms with Crippen molar-refractivity contribution in [2.24, 2.45) is 0 Å². The summed E-state index contributed by atoms with van der Waals surface area (Å²) in [5.41, 5.74) is 3.02. The Morgan fingerprint density at radius 2 is 1.86 bits per heavy atom. The molecule has 0 bridgehead atoms.